The van der Waals surface area contributed by atoms with Crippen LogP contribution in [0.15, 0.2) is 0 Å². The van der Waals surface area contributed by atoms with E-state index in [-0.39, 0.29) is 11.3 Å². The van der Waals surface area contributed by atoms with Crippen LogP contribution in [-0.4, -0.2) is 25.2 Å². The predicted molar refractivity (Wildman–Crippen MR) is 97.7 cm³/mol. The second-order valence-electron chi connectivity index (χ2n) is 8.10. The van der Waals surface area contributed by atoms with Gasteiger partial charge in [-0.3, -0.25) is 9.59 Å². The lowest BCUT2D eigenvalue weighted by atomic mass is 9.82. The molecule has 0 radical (unpaired) electrons. The zero-order chi connectivity index (χ0) is 18.8. The third-order valence-corrected chi connectivity index (χ3v) is 4.43. The molecular weight excluding hydrogens is 304 g/mol. The van der Waals surface area contributed by atoms with Gasteiger partial charge < -0.3 is 9.47 Å². The van der Waals surface area contributed by atoms with Crippen molar-refractivity contribution in [1.82, 2.24) is 0 Å². The van der Waals surface area contributed by atoms with E-state index in [0.29, 0.717) is 26.1 Å². The van der Waals surface area contributed by atoms with Crippen molar-refractivity contribution in [2.75, 3.05) is 13.2 Å². The number of carbonyl (C=O) groups is 2. The summed E-state index contributed by atoms with van der Waals surface area (Å²) in [5.74, 6) is -0.605. The minimum Gasteiger partial charge on any atom is -0.465 e. The van der Waals surface area contributed by atoms with Gasteiger partial charge in [0.2, 0.25) is 0 Å². The molecule has 4 nitrogen and oxygen atoms in total. The summed E-state index contributed by atoms with van der Waals surface area (Å²) in [5, 5.41) is 0. The molecule has 0 aliphatic rings. The van der Waals surface area contributed by atoms with Crippen LogP contribution in [0.1, 0.15) is 87.0 Å². The summed E-state index contributed by atoms with van der Waals surface area (Å²) in [6.45, 7) is 15.1. The first kappa shape index (κ1) is 22.9. The van der Waals surface area contributed by atoms with E-state index in [4.69, 9.17) is 9.47 Å². The van der Waals surface area contributed by atoms with Crippen molar-refractivity contribution < 1.29 is 19.1 Å². The Morgan fingerprint density at radius 1 is 0.917 bits per heavy atom. The van der Waals surface area contributed by atoms with Gasteiger partial charge in [0.1, 0.15) is 0 Å². The highest BCUT2D eigenvalue weighted by Crippen LogP contribution is 2.31. The molecule has 0 amide bonds. The molecular formula is C20H38O4. The van der Waals surface area contributed by atoms with Crippen molar-refractivity contribution in [3.8, 4) is 0 Å². The van der Waals surface area contributed by atoms with Crippen LogP contribution in [0.25, 0.3) is 0 Å². The van der Waals surface area contributed by atoms with Crippen molar-refractivity contribution in [2.45, 2.75) is 87.0 Å². The average molecular weight is 343 g/mol. The quantitative estimate of drug-likeness (QED) is 0.296. The van der Waals surface area contributed by atoms with Crippen LogP contribution in [0.5, 0.6) is 0 Å². The van der Waals surface area contributed by atoms with Crippen molar-refractivity contribution in [2.24, 2.45) is 16.7 Å². The molecule has 0 heterocycles. The molecule has 0 saturated carbocycles. The Labute approximate surface area is 148 Å². The van der Waals surface area contributed by atoms with Gasteiger partial charge in [0.15, 0.2) is 5.41 Å². The fourth-order valence-electron chi connectivity index (χ4n) is 3.03. The predicted octanol–water partition coefficient (Wildman–Crippen LogP) is 5.14. The second-order valence-corrected chi connectivity index (χ2v) is 8.10. The first-order valence-corrected chi connectivity index (χ1v) is 9.47. The summed E-state index contributed by atoms with van der Waals surface area (Å²) in [6, 6.07) is 0. The van der Waals surface area contributed by atoms with Gasteiger partial charge >= 0.3 is 11.9 Å². The summed E-state index contributed by atoms with van der Waals surface area (Å²) in [6.07, 6.45) is 4.70. The largest absolute Gasteiger partial charge is 0.465 e. The Morgan fingerprint density at radius 2 is 1.46 bits per heavy atom. The maximum atomic E-state index is 12.6. The van der Waals surface area contributed by atoms with E-state index >= 15 is 0 Å². The molecule has 1 unspecified atom stereocenters. The first-order valence-electron chi connectivity index (χ1n) is 9.47. The van der Waals surface area contributed by atoms with E-state index in [9.17, 15) is 9.59 Å². The molecule has 24 heavy (non-hydrogen) atoms. The number of esters is 2. The van der Waals surface area contributed by atoms with Gasteiger partial charge in [-0.15, -0.1) is 0 Å². The highest BCUT2D eigenvalue weighted by molar-refractivity contribution is 5.99. The maximum Gasteiger partial charge on any atom is 0.323 e. The summed E-state index contributed by atoms with van der Waals surface area (Å²) in [4.78, 5) is 25.1. The number of ether oxygens (including phenoxy) is 2. The monoisotopic (exact) mass is 342 g/mol. The average Bonchev–Trinajstić information content (AvgIpc) is 2.49. The molecule has 4 heteroatoms. The first-order chi connectivity index (χ1) is 11.1. The summed E-state index contributed by atoms with van der Waals surface area (Å²) in [7, 11) is 0. The fourth-order valence-corrected chi connectivity index (χ4v) is 3.03. The van der Waals surface area contributed by atoms with Crippen LogP contribution in [-0.2, 0) is 19.1 Å². The molecule has 1 atom stereocenters. The summed E-state index contributed by atoms with van der Waals surface area (Å²) >= 11 is 0. The van der Waals surface area contributed by atoms with Crippen molar-refractivity contribution in [3.63, 3.8) is 0 Å². The normalized spacial score (nSPS) is 13.5. The fraction of sp³-hybridized carbons (Fsp3) is 0.900. The molecule has 142 valence electrons. The lowest BCUT2D eigenvalue weighted by Gasteiger charge is -2.28. The van der Waals surface area contributed by atoms with Crippen molar-refractivity contribution in [1.29, 1.82) is 0 Å². The smallest absolute Gasteiger partial charge is 0.323 e. The Morgan fingerprint density at radius 3 is 1.92 bits per heavy atom. The van der Waals surface area contributed by atoms with Gasteiger partial charge in [-0.1, -0.05) is 61.3 Å². The molecule has 0 aliphatic carbocycles. The number of rotatable bonds is 11. The van der Waals surface area contributed by atoms with Crippen molar-refractivity contribution in [3.05, 3.63) is 0 Å². The summed E-state index contributed by atoms with van der Waals surface area (Å²) < 4.78 is 10.9. The Hall–Kier alpha value is -1.06. The van der Waals surface area contributed by atoms with E-state index in [0.717, 1.165) is 25.7 Å². The molecule has 0 rings (SSSR count). The van der Waals surface area contributed by atoms with E-state index in [1.165, 1.54) is 0 Å². The molecule has 0 saturated heterocycles. The van der Waals surface area contributed by atoms with Gasteiger partial charge in [0.05, 0.1) is 13.2 Å². The highest BCUT2D eigenvalue weighted by atomic mass is 16.6. The summed E-state index contributed by atoms with van der Waals surface area (Å²) in [5.41, 5.74) is -0.968. The molecule has 0 aromatic carbocycles. The number of hydrogen-bond acceptors (Lipinski definition) is 4. The van der Waals surface area contributed by atoms with Crippen LogP contribution in [0, 0.1) is 16.7 Å². The van der Waals surface area contributed by atoms with E-state index in [1.54, 1.807) is 0 Å². The zero-order valence-corrected chi connectivity index (χ0v) is 16.9. The molecule has 0 fully saturated rings. The van der Waals surface area contributed by atoms with E-state index in [2.05, 4.69) is 34.6 Å². The lowest BCUT2D eigenvalue weighted by Crippen LogP contribution is -2.41. The van der Waals surface area contributed by atoms with Crippen LogP contribution in [0.2, 0.25) is 0 Å². The second kappa shape index (κ2) is 10.7. The zero-order valence-electron chi connectivity index (χ0n) is 16.9. The Bertz CT molecular complexity index is 378. The standard InChI is InChI=1S/C20H38O4/c1-8-11-12-13-23-17(21)20(9-2,10-3)18(22)24-15-16(4)14-19(5,6)7/h16H,8-15H2,1-7H3. The lowest BCUT2D eigenvalue weighted by molar-refractivity contribution is -0.174. The molecule has 0 bridgehead atoms. The molecule has 0 aromatic heterocycles. The molecule has 0 aromatic rings. The van der Waals surface area contributed by atoms with Gasteiger partial charge in [-0.25, -0.2) is 0 Å². The van der Waals surface area contributed by atoms with Gasteiger partial charge in [0, 0.05) is 0 Å². The van der Waals surface area contributed by atoms with Gasteiger partial charge in [-0.05, 0) is 37.0 Å². The molecule has 0 spiro atoms. The minimum atomic E-state index is -1.16. The van der Waals surface area contributed by atoms with Crippen LogP contribution < -0.4 is 0 Å². The van der Waals surface area contributed by atoms with Gasteiger partial charge in [-0.2, -0.15) is 0 Å². The van der Waals surface area contributed by atoms with Crippen LogP contribution in [0.3, 0.4) is 0 Å². The topological polar surface area (TPSA) is 52.6 Å². The van der Waals surface area contributed by atoms with Crippen molar-refractivity contribution >= 4 is 11.9 Å². The number of unbranched alkanes of at least 4 members (excludes halogenated alkanes) is 2. The SMILES string of the molecule is CCCCCOC(=O)C(CC)(CC)C(=O)OCC(C)CC(C)(C)C. The van der Waals surface area contributed by atoms with Crippen LogP contribution >= 0.6 is 0 Å². The van der Waals surface area contributed by atoms with E-state index in [1.807, 2.05) is 13.8 Å². The highest BCUT2D eigenvalue weighted by Gasteiger charge is 2.46. The van der Waals surface area contributed by atoms with Crippen LogP contribution in [0.4, 0.5) is 0 Å². The van der Waals surface area contributed by atoms with E-state index < -0.39 is 17.4 Å². The molecule has 0 aliphatic heterocycles. The third kappa shape index (κ3) is 7.67. The Kier molecular flexibility index (Phi) is 10.3. The maximum absolute atomic E-state index is 12.6. The third-order valence-electron chi connectivity index (χ3n) is 4.43. The van der Waals surface area contributed by atoms with Gasteiger partial charge in [0.25, 0.3) is 0 Å². The molecule has 0 N–H and O–H groups in total. The minimum absolute atomic E-state index is 0.191. The number of carbonyl (C=O) groups excluding carboxylic acids is 2. The Balaban J connectivity index is 4.71. The number of hydrogen-bond donors (Lipinski definition) is 0.